The fourth-order valence-electron chi connectivity index (χ4n) is 2.02. The molecule has 0 amide bonds. The van der Waals surface area contributed by atoms with Crippen LogP contribution in [0.5, 0.6) is 0 Å². The largest absolute Gasteiger partial charge is 0.469 e. The normalized spacial score (nSPS) is 14.1. The Kier molecular flexibility index (Phi) is 8.73. The smallest absolute Gasteiger partial charge is 0.305 e. The minimum Gasteiger partial charge on any atom is -0.469 e. The molecule has 2 unspecified atom stereocenters. The summed E-state index contributed by atoms with van der Waals surface area (Å²) in [7, 11) is 1.43. The van der Waals surface area contributed by atoms with Crippen molar-refractivity contribution in [3.05, 3.63) is 0 Å². The summed E-state index contributed by atoms with van der Waals surface area (Å²) in [6.07, 6.45) is 5.46. The van der Waals surface area contributed by atoms with Crippen LogP contribution < -0.4 is 0 Å². The predicted molar refractivity (Wildman–Crippen MR) is 68.7 cm³/mol. The van der Waals surface area contributed by atoms with Gasteiger partial charge in [-0.05, 0) is 25.2 Å². The van der Waals surface area contributed by atoms with E-state index in [0.29, 0.717) is 24.7 Å². The lowest BCUT2D eigenvalue weighted by Gasteiger charge is -2.13. The fraction of sp³-hybridized carbons (Fsp3) is 0.857. The molecule has 0 aromatic carbocycles. The van der Waals surface area contributed by atoms with Gasteiger partial charge in [-0.15, -0.1) is 0 Å². The van der Waals surface area contributed by atoms with Crippen molar-refractivity contribution in [1.29, 1.82) is 0 Å². The molecule has 0 fully saturated rings. The molecule has 0 aromatic heterocycles. The molecule has 0 aliphatic heterocycles. The summed E-state index contributed by atoms with van der Waals surface area (Å²) in [6, 6.07) is 0. The number of carbonyl (C=O) groups is 2. The summed E-state index contributed by atoms with van der Waals surface area (Å²) in [5.41, 5.74) is 0. The van der Waals surface area contributed by atoms with Crippen molar-refractivity contribution in [2.45, 2.75) is 59.3 Å². The van der Waals surface area contributed by atoms with Gasteiger partial charge in [0, 0.05) is 12.8 Å². The number of carbonyl (C=O) groups excluding carboxylic acids is 2. The monoisotopic (exact) mass is 242 g/mol. The average molecular weight is 242 g/mol. The van der Waals surface area contributed by atoms with E-state index in [1.807, 2.05) is 0 Å². The molecular formula is C14H26O3. The molecule has 17 heavy (non-hydrogen) atoms. The van der Waals surface area contributed by atoms with Crippen LogP contribution in [0, 0.1) is 11.8 Å². The number of ketones is 1. The number of hydrogen-bond donors (Lipinski definition) is 0. The molecular weight excluding hydrogens is 216 g/mol. The van der Waals surface area contributed by atoms with Crippen LogP contribution in [0.1, 0.15) is 59.3 Å². The van der Waals surface area contributed by atoms with Gasteiger partial charge in [-0.3, -0.25) is 4.79 Å². The van der Waals surface area contributed by atoms with E-state index in [1.54, 1.807) is 6.92 Å². The summed E-state index contributed by atoms with van der Waals surface area (Å²) in [5, 5.41) is 0. The quantitative estimate of drug-likeness (QED) is 0.582. The van der Waals surface area contributed by atoms with Crippen molar-refractivity contribution in [2.75, 3.05) is 7.11 Å². The van der Waals surface area contributed by atoms with Crippen LogP contribution in [-0.4, -0.2) is 18.9 Å². The third kappa shape index (κ3) is 10.0. The van der Waals surface area contributed by atoms with E-state index in [9.17, 15) is 9.59 Å². The Hall–Kier alpha value is -0.860. The second-order valence-corrected chi connectivity index (χ2v) is 5.16. The Morgan fingerprint density at radius 3 is 2.18 bits per heavy atom. The van der Waals surface area contributed by atoms with Crippen molar-refractivity contribution in [3.8, 4) is 0 Å². The molecule has 0 saturated heterocycles. The lowest BCUT2D eigenvalue weighted by atomic mass is 9.93. The number of hydrogen-bond acceptors (Lipinski definition) is 3. The molecule has 2 atom stereocenters. The maximum absolute atomic E-state index is 11.0. The predicted octanol–water partition coefficient (Wildman–Crippen LogP) is 3.36. The number of methoxy groups -OCH3 is 1. The van der Waals surface area contributed by atoms with Gasteiger partial charge >= 0.3 is 5.97 Å². The third-order valence-electron chi connectivity index (χ3n) is 3.10. The zero-order chi connectivity index (χ0) is 13.3. The van der Waals surface area contributed by atoms with Gasteiger partial charge in [0.1, 0.15) is 5.78 Å². The molecule has 0 spiro atoms. The van der Waals surface area contributed by atoms with E-state index >= 15 is 0 Å². The Morgan fingerprint density at radius 2 is 1.65 bits per heavy atom. The highest BCUT2D eigenvalue weighted by molar-refractivity contribution is 5.75. The van der Waals surface area contributed by atoms with E-state index in [2.05, 4.69) is 18.6 Å². The first-order chi connectivity index (χ1) is 7.95. The minimum atomic E-state index is -0.123. The van der Waals surface area contributed by atoms with Crippen molar-refractivity contribution < 1.29 is 14.3 Å². The van der Waals surface area contributed by atoms with Crippen LogP contribution in [0.4, 0.5) is 0 Å². The van der Waals surface area contributed by atoms with Crippen LogP contribution in [-0.2, 0) is 14.3 Å². The van der Waals surface area contributed by atoms with Crippen LogP contribution in [0.15, 0.2) is 0 Å². The third-order valence-corrected chi connectivity index (χ3v) is 3.10. The maximum atomic E-state index is 11.0. The molecule has 0 saturated carbocycles. The van der Waals surface area contributed by atoms with Crippen molar-refractivity contribution in [1.82, 2.24) is 0 Å². The standard InChI is InChI=1S/C14H26O3/c1-11(8-9-14(16)17-4)6-5-7-12(2)10-13(3)15/h11-12H,5-10H2,1-4H3. The first-order valence-corrected chi connectivity index (χ1v) is 6.52. The van der Waals surface area contributed by atoms with Crippen molar-refractivity contribution in [3.63, 3.8) is 0 Å². The van der Waals surface area contributed by atoms with Gasteiger partial charge in [0.15, 0.2) is 0 Å². The summed E-state index contributed by atoms with van der Waals surface area (Å²) in [4.78, 5) is 21.9. The molecule has 3 heteroatoms. The lowest BCUT2D eigenvalue weighted by molar-refractivity contribution is -0.141. The van der Waals surface area contributed by atoms with Gasteiger partial charge in [-0.2, -0.15) is 0 Å². The van der Waals surface area contributed by atoms with Crippen LogP contribution in [0.3, 0.4) is 0 Å². The number of rotatable bonds is 9. The van der Waals surface area contributed by atoms with E-state index in [1.165, 1.54) is 7.11 Å². The number of ether oxygens (including phenoxy) is 1. The van der Waals surface area contributed by atoms with Crippen molar-refractivity contribution >= 4 is 11.8 Å². The Balaban J connectivity index is 3.53. The second-order valence-electron chi connectivity index (χ2n) is 5.16. The topological polar surface area (TPSA) is 43.4 Å². The van der Waals surface area contributed by atoms with Gasteiger partial charge in [0.2, 0.25) is 0 Å². The van der Waals surface area contributed by atoms with Gasteiger partial charge in [0.05, 0.1) is 7.11 Å². The summed E-state index contributed by atoms with van der Waals surface area (Å²) in [5.74, 6) is 1.19. The molecule has 0 aliphatic rings. The summed E-state index contributed by atoms with van der Waals surface area (Å²) in [6.45, 7) is 5.94. The zero-order valence-electron chi connectivity index (χ0n) is 11.6. The van der Waals surface area contributed by atoms with Gasteiger partial charge < -0.3 is 9.53 Å². The maximum Gasteiger partial charge on any atom is 0.305 e. The molecule has 100 valence electrons. The average Bonchev–Trinajstić information content (AvgIpc) is 2.24. The van der Waals surface area contributed by atoms with Crippen LogP contribution >= 0.6 is 0 Å². The van der Waals surface area contributed by atoms with Gasteiger partial charge in [0.25, 0.3) is 0 Å². The minimum absolute atomic E-state index is 0.123. The molecule has 0 aliphatic carbocycles. The Labute approximate surface area is 105 Å². The Morgan fingerprint density at radius 1 is 1.06 bits per heavy atom. The highest BCUT2D eigenvalue weighted by Crippen LogP contribution is 2.18. The highest BCUT2D eigenvalue weighted by atomic mass is 16.5. The first-order valence-electron chi connectivity index (χ1n) is 6.52. The van der Waals surface area contributed by atoms with Crippen molar-refractivity contribution in [2.24, 2.45) is 11.8 Å². The summed E-state index contributed by atoms with van der Waals surface area (Å²) < 4.78 is 4.61. The SMILES string of the molecule is COC(=O)CCC(C)CCCC(C)CC(C)=O. The molecule has 0 radical (unpaired) electrons. The zero-order valence-corrected chi connectivity index (χ0v) is 11.6. The molecule has 0 heterocycles. The number of Topliss-reactive ketones (excluding diaryl/α,β-unsaturated/α-hetero) is 1. The summed E-state index contributed by atoms with van der Waals surface area (Å²) >= 11 is 0. The van der Waals surface area contributed by atoms with E-state index in [-0.39, 0.29) is 11.8 Å². The first kappa shape index (κ1) is 16.1. The molecule has 0 rings (SSSR count). The molecule has 0 bridgehead atoms. The second kappa shape index (κ2) is 9.20. The Bertz CT molecular complexity index is 236. The molecule has 3 nitrogen and oxygen atoms in total. The molecule has 0 N–H and O–H groups in total. The van der Waals surface area contributed by atoms with Gasteiger partial charge in [-0.25, -0.2) is 0 Å². The van der Waals surface area contributed by atoms with E-state index in [0.717, 1.165) is 25.7 Å². The molecule has 0 aromatic rings. The number of esters is 1. The fourth-order valence-corrected chi connectivity index (χ4v) is 2.02. The highest BCUT2D eigenvalue weighted by Gasteiger charge is 2.09. The van der Waals surface area contributed by atoms with E-state index < -0.39 is 0 Å². The lowest BCUT2D eigenvalue weighted by Crippen LogP contribution is -2.05. The van der Waals surface area contributed by atoms with Crippen LogP contribution in [0.25, 0.3) is 0 Å². The van der Waals surface area contributed by atoms with E-state index in [4.69, 9.17) is 0 Å². The van der Waals surface area contributed by atoms with Crippen LogP contribution in [0.2, 0.25) is 0 Å². The van der Waals surface area contributed by atoms with Gasteiger partial charge in [-0.1, -0.05) is 33.1 Å².